The summed E-state index contributed by atoms with van der Waals surface area (Å²) in [6, 6.07) is 13.7. The molecule has 0 radical (unpaired) electrons. The van der Waals surface area contributed by atoms with Crippen LogP contribution in [0.5, 0.6) is 11.5 Å². The average Bonchev–Trinajstić information content (AvgIpc) is 2.63. The van der Waals surface area contributed by atoms with Crippen molar-refractivity contribution in [3.05, 3.63) is 70.1 Å². The Morgan fingerprint density at radius 3 is 2.65 bits per heavy atom. The highest BCUT2D eigenvalue weighted by molar-refractivity contribution is 5.82. The standard InChI is InChI=1S/C20H19NO5/c1-25-17-7-4-14-10-15(20(24)26-18(14)12-17)11-19(23)21-9-8-13-2-5-16(22)6-3-13/h2-7,10,12,22H,8-9,11H2,1H3,(H,21,23). The molecule has 2 aromatic carbocycles. The molecule has 134 valence electrons. The summed E-state index contributed by atoms with van der Waals surface area (Å²) in [6.07, 6.45) is 0.595. The molecular formula is C20H19NO5. The lowest BCUT2D eigenvalue weighted by molar-refractivity contribution is -0.120. The Morgan fingerprint density at radius 1 is 1.15 bits per heavy atom. The number of benzene rings is 2. The number of hydrogen-bond donors (Lipinski definition) is 2. The zero-order valence-electron chi connectivity index (χ0n) is 14.3. The molecular weight excluding hydrogens is 334 g/mol. The first-order chi connectivity index (χ1) is 12.5. The maximum absolute atomic E-state index is 12.1. The van der Waals surface area contributed by atoms with Crippen LogP contribution in [-0.2, 0) is 17.6 Å². The molecule has 3 aromatic rings. The highest BCUT2D eigenvalue weighted by atomic mass is 16.5. The van der Waals surface area contributed by atoms with Gasteiger partial charge in [-0.25, -0.2) is 4.79 Å². The van der Waals surface area contributed by atoms with Gasteiger partial charge in [-0.2, -0.15) is 0 Å². The van der Waals surface area contributed by atoms with Gasteiger partial charge in [0.1, 0.15) is 17.1 Å². The van der Waals surface area contributed by atoms with E-state index in [-0.39, 0.29) is 18.1 Å². The SMILES string of the molecule is COc1ccc2cc(CC(=O)NCCc3ccc(O)cc3)c(=O)oc2c1. The van der Waals surface area contributed by atoms with E-state index in [1.165, 1.54) is 7.11 Å². The van der Waals surface area contributed by atoms with Crippen molar-refractivity contribution in [3.63, 3.8) is 0 Å². The zero-order chi connectivity index (χ0) is 18.5. The van der Waals surface area contributed by atoms with E-state index in [0.29, 0.717) is 29.9 Å². The predicted molar refractivity (Wildman–Crippen MR) is 97.6 cm³/mol. The van der Waals surface area contributed by atoms with Crippen molar-refractivity contribution in [2.75, 3.05) is 13.7 Å². The number of phenolic OH excluding ortho intramolecular Hbond substituents is 1. The Bertz CT molecular complexity index is 976. The van der Waals surface area contributed by atoms with Crippen LogP contribution in [0.3, 0.4) is 0 Å². The van der Waals surface area contributed by atoms with Gasteiger partial charge in [-0.3, -0.25) is 4.79 Å². The minimum absolute atomic E-state index is 0.0418. The fourth-order valence-electron chi connectivity index (χ4n) is 2.63. The van der Waals surface area contributed by atoms with Gasteiger partial charge in [0.2, 0.25) is 5.91 Å². The Labute approximate surface area is 150 Å². The summed E-state index contributed by atoms with van der Waals surface area (Å²) in [4.78, 5) is 24.2. The van der Waals surface area contributed by atoms with Gasteiger partial charge in [-0.05, 0) is 42.3 Å². The molecule has 0 unspecified atom stereocenters. The number of nitrogens with one attached hydrogen (secondary N) is 1. The summed E-state index contributed by atoms with van der Waals surface area (Å²) >= 11 is 0. The molecule has 0 saturated carbocycles. The number of methoxy groups -OCH3 is 1. The number of fused-ring (bicyclic) bond motifs is 1. The first kappa shape index (κ1) is 17.5. The van der Waals surface area contributed by atoms with Gasteiger partial charge in [-0.1, -0.05) is 12.1 Å². The van der Waals surface area contributed by atoms with E-state index >= 15 is 0 Å². The molecule has 0 saturated heterocycles. The molecule has 6 heteroatoms. The molecule has 0 aliphatic rings. The Morgan fingerprint density at radius 2 is 1.92 bits per heavy atom. The third-order valence-corrected chi connectivity index (χ3v) is 4.04. The minimum Gasteiger partial charge on any atom is -0.508 e. The molecule has 0 fully saturated rings. The number of phenols is 1. The monoisotopic (exact) mass is 353 g/mol. The molecule has 0 aliphatic heterocycles. The molecule has 6 nitrogen and oxygen atoms in total. The molecule has 0 spiro atoms. The van der Waals surface area contributed by atoms with Crippen LogP contribution in [-0.4, -0.2) is 24.7 Å². The first-order valence-corrected chi connectivity index (χ1v) is 8.20. The van der Waals surface area contributed by atoms with Crippen LogP contribution in [0.4, 0.5) is 0 Å². The molecule has 26 heavy (non-hydrogen) atoms. The number of ether oxygens (including phenoxy) is 1. The quantitative estimate of drug-likeness (QED) is 0.665. The molecule has 1 amide bonds. The Kier molecular flexibility index (Phi) is 5.22. The van der Waals surface area contributed by atoms with Gasteiger partial charge in [0.15, 0.2) is 0 Å². The number of aromatic hydroxyl groups is 1. The maximum Gasteiger partial charge on any atom is 0.339 e. The number of amides is 1. The third kappa shape index (κ3) is 4.22. The molecule has 0 aliphatic carbocycles. The van der Waals surface area contributed by atoms with Crippen LogP contribution in [0.1, 0.15) is 11.1 Å². The van der Waals surface area contributed by atoms with E-state index in [2.05, 4.69) is 5.32 Å². The minimum atomic E-state index is -0.528. The van der Waals surface area contributed by atoms with Gasteiger partial charge < -0.3 is 19.6 Å². The number of hydrogen-bond acceptors (Lipinski definition) is 5. The zero-order valence-corrected chi connectivity index (χ0v) is 14.3. The van der Waals surface area contributed by atoms with Crippen LogP contribution in [0.15, 0.2) is 57.7 Å². The third-order valence-electron chi connectivity index (χ3n) is 4.04. The topological polar surface area (TPSA) is 88.8 Å². The van der Waals surface area contributed by atoms with Gasteiger partial charge in [-0.15, -0.1) is 0 Å². The summed E-state index contributed by atoms with van der Waals surface area (Å²) < 4.78 is 10.4. The van der Waals surface area contributed by atoms with Gasteiger partial charge >= 0.3 is 5.63 Å². The van der Waals surface area contributed by atoms with Gasteiger partial charge in [0, 0.05) is 23.6 Å². The van der Waals surface area contributed by atoms with Crippen LogP contribution in [0.25, 0.3) is 11.0 Å². The summed E-state index contributed by atoms with van der Waals surface area (Å²) in [7, 11) is 1.54. The molecule has 1 heterocycles. The molecule has 0 atom stereocenters. The van der Waals surface area contributed by atoms with E-state index in [4.69, 9.17) is 9.15 Å². The van der Waals surface area contributed by atoms with E-state index in [1.807, 2.05) is 0 Å². The second-order valence-corrected chi connectivity index (χ2v) is 5.91. The second-order valence-electron chi connectivity index (χ2n) is 5.91. The second kappa shape index (κ2) is 7.74. The summed E-state index contributed by atoms with van der Waals surface area (Å²) in [5.41, 5.74) is 1.21. The largest absolute Gasteiger partial charge is 0.508 e. The molecule has 0 bridgehead atoms. The van der Waals surface area contributed by atoms with Crippen molar-refractivity contribution < 1.29 is 19.1 Å². The van der Waals surface area contributed by atoms with E-state index in [9.17, 15) is 14.7 Å². The van der Waals surface area contributed by atoms with Crippen LogP contribution < -0.4 is 15.7 Å². The Balaban J connectivity index is 1.62. The smallest absolute Gasteiger partial charge is 0.339 e. The fraction of sp³-hybridized carbons (Fsp3) is 0.200. The highest BCUT2D eigenvalue weighted by Crippen LogP contribution is 2.20. The van der Waals surface area contributed by atoms with Crippen LogP contribution in [0.2, 0.25) is 0 Å². The normalized spacial score (nSPS) is 10.7. The molecule has 2 N–H and O–H groups in total. The van der Waals surface area contributed by atoms with Gasteiger partial charge in [0.25, 0.3) is 0 Å². The highest BCUT2D eigenvalue weighted by Gasteiger charge is 2.11. The molecule has 3 rings (SSSR count). The summed E-state index contributed by atoms with van der Waals surface area (Å²) in [5, 5.41) is 12.8. The lowest BCUT2D eigenvalue weighted by atomic mass is 10.1. The van der Waals surface area contributed by atoms with E-state index in [1.54, 1.807) is 48.5 Å². The average molecular weight is 353 g/mol. The van der Waals surface area contributed by atoms with Crippen molar-refractivity contribution >= 4 is 16.9 Å². The van der Waals surface area contributed by atoms with Crippen molar-refractivity contribution in [1.82, 2.24) is 5.32 Å². The van der Waals surface area contributed by atoms with Crippen molar-refractivity contribution in [2.24, 2.45) is 0 Å². The number of carbonyl (C=O) groups excluding carboxylic acids is 1. The fourth-order valence-corrected chi connectivity index (χ4v) is 2.63. The van der Waals surface area contributed by atoms with Crippen molar-refractivity contribution in [3.8, 4) is 11.5 Å². The lowest BCUT2D eigenvalue weighted by Crippen LogP contribution is -2.28. The number of carbonyl (C=O) groups is 1. The van der Waals surface area contributed by atoms with E-state index < -0.39 is 5.63 Å². The summed E-state index contributed by atoms with van der Waals surface area (Å²) in [5.74, 6) is 0.558. The van der Waals surface area contributed by atoms with Crippen LogP contribution >= 0.6 is 0 Å². The maximum atomic E-state index is 12.1. The van der Waals surface area contributed by atoms with Crippen molar-refractivity contribution in [2.45, 2.75) is 12.8 Å². The lowest BCUT2D eigenvalue weighted by Gasteiger charge is -2.06. The van der Waals surface area contributed by atoms with Crippen LogP contribution in [0, 0.1) is 0 Å². The number of rotatable bonds is 6. The molecule has 1 aromatic heterocycles. The van der Waals surface area contributed by atoms with E-state index in [0.717, 1.165) is 10.9 Å². The Hall–Kier alpha value is -3.28. The first-order valence-electron chi connectivity index (χ1n) is 8.20. The predicted octanol–water partition coefficient (Wildman–Crippen LogP) is 2.41. The van der Waals surface area contributed by atoms with Crippen molar-refractivity contribution in [1.29, 1.82) is 0 Å². The van der Waals surface area contributed by atoms with Gasteiger partial charge in [0.05, 0.1) is 13.5 Å². The summed E-state index contributed by atoms with van der Waals surface area (Å²) in [6.45, 7) is 0.444.